The monoisotopic (exact) mass is 433 g/mol. The van der Waals surface area contributed by atoms with Crippen molar-refractivity contribution in [1.82, 2.24) is 5.32 Å². The molecule has 0 saturated carbocycles. The van der Waals surface area contributed by atoms with Gasteiger partial charge in [-0.2, -0.15) is 0 Å². The summed E-state index contributed by atoms with van der Waals surface area (Å²) >= 11 is 0. The third kappa shape index (κ3) is 4.77. The Labute approximate surface area is 174 Å². The summed E-state index contributed by atoms with van der Waals surface area (Å²) in [6.07, 6.45) is 1.76. The number of anilines is 1. The predicted molar refractivity (Wildman–Crippen MR) is 111 cm³/mol. The Morgan fingerprint density at radius 3 is 2.67 bits per heavy atom. The van der Waals surface area contributed by atoms with E-state index in [1.807, 2.05) is 0 Å². The maximum absolute atomic E-state index is 13.0. The molecule has 9 nitrogen and oxygen atoms in total. The number of nitrogens with zero attached hydrogens (tertiary/aromatic N) is 1. The largest absolute Gasteiger partial charge is 0.376 e. The van der Waals surface area contributed by atoms with Gasteiger partial charge in [-0.15, -0.1) is 0 Å². The number of nitrogens with one attached hydrogen (secondary N) is 2. The molecule has 1 aliphatic heterocycles. The number of carbonyl (C=O) groups excluding carboxylic acids is 1. The van der Waals surface area contributed by atoms with Crippen LogP contribution in [0.25, 0.3) is 0 Å². The van der Waals surface area contributed by atoms with Gasteiger partial charge in [-0.25, -0.2) is 8.42 Å². The smallest absolute Gasteiger partial charge is 0.271 e. The third-order valence-electron chi connectivity index (χ3n) is 5.04. The van der Waals surface area contributed by atoms with Gasteiger partial charge in [-0.3, -0.25) is 19.6 Å². The van der Waals surface area contributed by atoms with Crippen LogP contribution in [0.1, 0.15) is 34.3 Å². The molecule has 0 spiro atoms. The second-order valence-corrected chi connectivity index (χ2v) is 8.79. The van der Waals surface area contributed by atoms with E-state index in [4.69, 9.17) is 4.74 Å². The molecule has 1 heterocycles. The summed E-state index contributed by atoms with van der Waals surface area (Å²) in [4.78, 5) is 22.9. The minimum atomic E-state index is -4.17. The highest BCUT2D eigenvalue weighted by Gasteiger charge is 2.25. The van der Waals surface area contributed by atoms with Gasteiger partial charge in [-0.1, -0.05) is 12.1 Å². The Morgan fingerprint density at radius 2 is 2.00 bits per heavy atom. The van der Waals surface area contributed by atoms with Gasteiger partial charge < -0.3 is 10.1 Å². The van der Waals surface area contributed by atoms with E-state index in [0.29, 0.717) is 24.3 Å². The number of carbonyl (C=O) groups is 1. The Balaban J connectivity index is 1.87. The molecule has 1 fully saturated rings. The van der Waals surface area contributed by atoms with E-state index >= 15 is 0 Å². The van der Waals surface area contributed by atoms with Crippen molar-refractivity contribution >= 4 is 27.3 Å². The number of nitro benzene ring substituents is 1. The molecular weight excluding hydrogens is 410 g/mol. The molecule has 3 rings (SSSR count). The molecule has 1 atom stereocenters. The number of non-ortho nitro benzene ring substituents is 1. The lowest BCUT2D eigenvalue weighted by Crippen LogP contribution is -2.32. The van der Waals surface area contributed by atoms with Gasteiger partial charge in [0.1, 0.15) is 0 Å². The van der Waals surface area contributed by atoms with E-state index in [-0.39, 0.29) is 27.9 Å². The highest BCUT2D eigenvalue weighted by atomic mass is 32.2. The quantitative estimate of drug-likeness (QED) is 0.510. The van der Waals surface area contributed by atoms with Crippen molar-refractivity contribution in [3.8, 4) is 0 Å². The second-order valence-electron chi connectivity index (χ2n) is 7.14. The summed E-state index contributed by atoms with van der Waals surface area (Å²) in [7, 11) is -4.17. The van der Waals surface area contributed by atoms with E-state index in [9.17, 15) is 23.3 Å². The summed E-state index contributed by atoms with van der Waals surface area (Å²) < 4.78 is 33.9. The van der Waals surface area contributed by atoms with Crippen molar-refractivity contribution < 1.29 is 22.9 Å². The van der Waals surface area contributed by atoms with Gasteiger partial charge in [0.15, 0.2) is 0 Å². The first-order valence-electron chi connectivity index (χ1n) is 9.46. The highest BCUT2D eigenvalue weighted by molar-refractivity contribution is 7.92. The number of benzene rings is 2. The van der Waals surface area contributed by atoms with Crippen molar-refractivity contribution in [3.05, 3.63) is 63.2 Å². The van der Waals surface area contributed by atoms with Gasteiger partial charge in [-0.05, 0) is 49.9 Å². The summed E-state index contributed by atoms with van der Waals surface area (Å²) in [5.41, 5.74) is 0.798. The van der Waals surface area contributed by atoms with E-state index in [2.05, 4.69) is 10.0 Å². The van der Waals surface area contributed by atoms with E-state index in [1.165, 1.54) is 18.2 Å². The van der Waals surface area contributed by atoms with Crippen molar-refractivity contribution in [2.24, 2.45) is 0 Å². The van der Waals surface area contributed by atoms with Crippen LogP contribution in [0.4, 0.5) is 11.4 Å². The molecule has 0 radical (unpaired) electrons. The first-order chi connectivity index (χ1) is 14.2. The number of nitro groups is 1. The van der Waals surface area contributed by atoms with Crippen LogP contribution in [-0.2, 0) is 14.8 Å². The second kappa shape index (κ2) is 8.80. The first-order valence-corrected chi connectivity index (χ1v) is 10.9. The zero-order chi connectivity index (χ0) is 21.9. The fourth-order valence-corrected chi connectivity index (χ4v) is 4.69. The molecular formula is C20H23N3O6S. The van der Waals surface area contributed by atoms with Crippen LogP contribution < -0.4 is 10.0 Å². The number of sulfonamides is 1. The van der Waals surface area contributed by atoms with E-state index < -0.39 is 20.9 Å². The molecule has 2 aromatic rings. The fourth-order valence-electron chi connectivity index (χ4n) is 3.27. The lowest BCUT2D eigenvalue weighted by atomic mass is 10.1. The number of aryl methyl sites for hydroxylation is 1. The van der Waals surface area contributed by atoms with Crippen molar-refractivity contribution in [1.29, 1.82) is 0 Å². The van der Waals surface area contributed by atoms with Gasteiger partial charge in [0.2, 0.25) is 0 Å². The predicted octanol–water partition coefficient (Wildman–Crippen LogP) is 2.92. The number of amides is 1. The van der Waals surface area contributed by atoms with Crippen LogP contribution in [0, 0.1) is 24.0 Å². The third-order valence-corrected chi connectivity index (χ3v) is 6.53. The molecule has 160 valence electrons. The summed E-state index contributed by atoms with van der Waals surface area (Å²) in [5.74, 6) is -0.434. The van der Waals surface area contributed by atoms with Crippen molar-refractivity contribution in [2.45, 2.75) is 37.7 Å². The molecule has 30 heavy (non-hydrogen) atoms. The topological polar surface area (TPSA) is 128 Å². The molecule has 0 aromatic heterocycles. The van der Waals surface area contributed by atoms with Crippen LogP contribution in [0.2, 0.25) is 0 Å². The van der Waals surface area contributed by atoms with Crippen LogP contribution in [0.5, 0.6) is 0 Å². The van der Waals surface area contributed by atoms with Crippen LogP contribution in [0.15, 0.2) is 41.3 Å². The summed E-state index contributed by atoms with van der Waals surface area (Å²) in [6.45, 7) is 4.18. The van der Waals surface area contributed by atoms with E-state index in [1.54, 1.807) is 26.0 Å². The van der Waals surface area contributed by atoms with Gasteiger partial charge in [0.25, 0.3) is 21.6 Å². The maximum Gasteiger partial charge on any atom is 0.271 e. The molecule has 1 amide bonds. The van der Waals surface area contributed by atoms with Crippen molar-refractivity contribution in [2.75, 3.05) is 17.9 Å². The molecule has 1 aliphatic rings. The minimum absolute atomic E-state index is 0.0479. The molecule has 0 bridgehead atoms. The van der Waals surface area contributed by atoms with E-state index in [0.717, 1.165) is 18.9 Å². The fraction of sp³-hybridized carbons (Fsp3) is 0.350. The lowest BCUT2D eigenvalue weighted by Gasteiger charge is -2.16. The zero-order valence-corrected chi connectivity index (χ0v) is 17.5. The molecule has 1 saturated heterocycles. The van der Waals surface area contributed by atoms with Gasteiger partial charge in [0.05, 0.1) is 27.2 Å². The summed E-state index contributed by atoms with van der Waals surface area (Å²) in [5, 5.41) is 13.9. The van der Waals surface area contributed by atoms with Gasteiger partial charge >= 0.3 is 0 Å². The number of rotatable bonds is 7. The van der Waals surface area contributed by atoms with Crippen molar-refractivity contribution in [3.63, 3.8) is 0 Å². The Bertz CT molecular complexity index is 1080. The lowest BCUT2D eigenvalue weighted by molar-refractivity contribution is -0.385. The number of para-hydroxylation sites is 1. The molecule has 2 N–H and O–H groups in total. The standard InChI is InChI=1S/C20H23N3O6S/c1-13-10-15(23(25)26)11-19(14(13)2)30(27,28)22-18-8-4-3-7-17(18)20(24)21-12-16-6-5-9-29-16/h3-4,7-8,10-11,16,22H,5-6,9,12H2,1-2H3,(H,21,24). The Hall–Kier alpha value is -2.98. The van der Waals surface area contributed by atoms with Crippen LogP contribution in [0.3, 0.4) is 0 Å². The number of ether oxygens (including phenoxy) is 1. The van der Waals surface area contributed by atoms with Gasteiger partial charge in [0, 0.05) is 25.3 Å². The number of hydrogen-bond donors (Lipinski definition) is 2. The maximum atomic E-state index is 13.0. The minimum Gasteiger partial charge on any atom is -0.376 e. The SMILES string of the molecule is Cc1cc([N+](=O)[O-])cc(S(=O)(=O)Nc2ccccc2C(=O)NCC2CCCO2)c1C. The number of hydrogen-bond acceptors (Lipinski definition) is 6. The highest BCUT2D eigenvalue weighted by Crippen LogP contribution is 2.28. The average molecular weight is 433 g/mol. The molecule has 0 aliphatic carbocycles. The Kier molecular flexibility index (Phi) is 6.37. The normalized spacial score (nSPS) is 16.3. The summed E-state index contributed by atoms with van der Waals surface area (Å²) in [6, 6.07) is 8.54. The first kappa shape index (κ1) is 21.7. The molecule has 10 heteroatoms. The Morgan fingerprint density at radius 1 is 1.27 bits per heavy atom. The van der Waals surface area contributed by atoms with Crippen LogP contribution in [-0.4, -0.2) is 38.5 Å². The zero-order valence-electron chi connectivity index (χ0n) is 16.7. The molecule has 1 unspecified atom stereocenters. The average Bonchev–Trinajstić information content (AvgIpc) is 3.21. The van der Waals surface area contributed by atoms with Crippen LogP contribution >= 0.6 is 0 Å². The molecule has 2 aromatic carbocycles.